The molecule has 1 saturated heterocycles. The lowest BCUT2D eigenvalue weighted by Gasteiger charge is -2.41. The van der Waals surface area contributed by atoms with Crippen LogP contribution in [0.25, 0.3) is 0 Å². The van der Waals surface area contributed by atoms with Crippen LogP contribution in [0.15, 0.2) is 0 Å². The summed E-state index contributed by atoms with van der Waals surface area (Å²) in [6, 6.07) is 0. The quantitative estimate of drug-likeness (QED) is 0.666. The summed E-state index contributed by atoms with van der Waals surface area (Å²) < 4.78 is 15.7. The summed E-state index contributed by atoms with van der Waals surface area (Å²) >= 11 is 0. The molecule has 1 fully saturated rings. The summed E-state index contributed by atoms with van der Waals surface area (Å²) in [4.78, 5) is 10.9. The number of carbonyl (C=O) groups excluding carboxylic acids is 1. The van der Waals surface area contributed by atoms with Crippen LogP contribution in [0.1, 0.15) is 20.8 Å². The van der Waals surface area contributed by atoms with Gasteiger partial charge >= 0.3 is 5.97 Å². The second-order valence-corrected chi connectivity index (χ2v) is 3.81. The Bertz CT molecular complexity index is 230. The SMILES string of the molecule is CO[C@H]1[C@@H](O)[C@@H](C)O[C@@H](C)[C@@H]1OC(C)=O. The van der Waals surface area contributed by atoms with Crippen molar-refractivity contribution in [2.45, 2.75) is 51.3 Å². The lowest BCUT2D eigenvalue weighted by atomic mass is 9.96. The van der Waals surface area contributed by atoms with Gasteiger partial charge in [-0.15, -0.1) is 0 Å². The fraction of sp³-hybridized carbons (Fsp3) is 0.900. The maximum absolute atomic E-state index is 10.9. The van der Waals surface area contributed by atoms with Gasteiger partial charge in [-0.2, -0.15) is 0 Å². The highest BCUT2D eigenvalue weighted by Crippen LogP contribution is 2.25. The van der Waals surface area contributed by atoms with Gasteiger partial charge in [0.1, 0.15) is 12.2 Å². The van der Waals surface area contributed by atoms with E-state index < -0.39 is 24.3 Å². The fourth-order valence-electron chi connectivity index (χ4n) is 1.85. The van der Waals surface area contributed by atoms with E-state index in [4.69, 9.17) is 14.2 Å². The minimum atomic E-state index is -0.782. The number of methoxy groups -OCH3 is 1. The van der Waals surface area contributed by atoms with Crippen LogP contribution in [0.4, 0.5) is 0 Å². The Kier molecular flexibility index (Phi) is 4.07. The molecule has 0 aliphatic carbocycles. The third-order valence-electron chi connectivity index (χ3n) is 2.61. The van der Waals surface area contributed by atoms with Gasteiger partial charge in [0, 0.05) is 14.0 Å². The van der Waals surface area contributed by atoms with E-state index in [1.807, 2.05) is 0 Å². The molecule has 1 aliphatic heterocycles. The number of esters is 1. The van der Waals surface area contributed by atoms with Crippen LogP contribution in [-0.2, 0) is 19.0 Å². The first kappa shape index (κ1) is 12.4. The van der Waals surface area contributed by atoms with E-state index in [1.54, 1.807) is 13.8 Å². The average molecular weight is 218 g/mol. The van der Waals surface area contributed by atoms with Gasteiger partial charge in [0.2, 0.25) is 0 Å². The highest BCUT2D eigenvalue weighted by Gasteiger charge is 2.43. The minimum absolute atomic E-state index is 0.280. The smallest absolute Gasteiger partial charge is 0.303 e. The first-order chi connectivity index (χ1) is 6.97. The van der Waals surface area contributed by atoms with Gasteiger partial charge in [-0.3, -0.25) is 4.79 Å². The van der Waals surface area contributed by atoms with Crippen molar-refractivity contribution in [2.24, 2.45) is 0 Å². The maximum Gasteiger partial charge on any atom is 0.303 e. The van der Waals surface area contributed by atoms with Gasteiger partial charge in [-0.1, -0.05) is 0 Å². The van der Waals surface area contributed by atoms with E-state index in [0.717, 1.165) is 0 Å². The second-order valence-electron chi connectivity index (χ2n) is 3.81. The largest absolute Gasteiger partial charge is 0.457 e. The fourth-order valence-corrected chi connectivity index (χ4v) is 1.85. The van der Waals surface area contributed by atoms with Crippen molar-refractivity contribution >= 4 is 5.97 Å². The van der Waals surface area contributed by atoms with E-state index in [0.29, 0.717) is 0 Å². The van der Waals surface area contributed by atoms with Crippen LogP contribution in [0.5, 0.6) is 0 Å². The number of hydrogen-bond donors (Lipinski definition) is 1. The first-order valence-electron chi connectivity index (χ1n) is 5.01. The maximum atomic E-state index is 10.9. The molecule has 0 aromatic heterocycles. The van der Waals surface area contributed by atoms with E-state index in [1.165, 1.54) is 14.0 Å². The zero-order valence-corrected chi connectivity index (χ0v) is 9.47. The molecule has 15 heavy (non-hydrogen) atoms. The summed E-state index contributed by atoms with van der Waals surface area (Å²) in [5.74, 6) is -0.403. The standard InChI is InChI=1S/C10H18O5/c1-5-8(12)10(13-4)9(6(2)14-5)15-7(3)11/h5-6,8-10,12H,1-4H3/t5-,6+,8+,9+,10+/m1/s1. The van der Waals surface area contributed by atoms with Gasteiger partial charge in [0.15, 0.2) is 6.10 Å². The molecule has 5 heteroatoms. The number of rotatable bonds is 2. The van der Waals surface area contributed by atoms with Crippen LogP contribution in [-0.4, -0.2) is 48.7 Å². The van der Waals surface area contributed by atoms with Gasteiger partial charge in [-0.05, 0) is 13.8 Å². The first-order valence-corrected chi connectivity index (χ1v) is 5.01. The molecule has 0 aromatic carbocycles. The predicted octanol–water partition coefficient (Wildman–Crippen LogP) is 0.101. The van der Waals surface area contributed by atoms with E-state index in [-0.39, 0.29) is 12.2 Å². The number of ether oxygens (including phenoxy) is 3. The summed E-state index contributed by atoms with van der Waals surface area (Å²) in [6.07, 6.45) is -2.48. The Morgan fingerprint density at radius 2 is 1.87 bits per heavy atom. The van der Waals surface area contributed by atoms with Crippen molar-refractivity contribution in [2.75, 3.05) is 7.11 Å². The van der Waals surface area contributed by atoms with Crippen molar-refractivity contribution in [3.8, 4) is 0 Å². The molecule has 1 rings (SSSR count). The molecule has 0 amide bonds. The molecule has 1 N–H and O–H groups in total. The molecule has 0 unspecified atom stereocenters. The van der Waals surface area contributed by atoms with Gasteiger partial charge in [-0.25, -0.2) is 0 Å². The van der Waals surface area contributed by atoms with Crippen LogP contribution < -0.4 is 0 Å². The number of aliphatic hydroxyl groups excluding tert-OH is 1. The van der Waals surface area contributed by atoms with E-state index in [2.05, 4.69) is 0 Å². The monoisotopic (exact) mass is 218 g/mol. The van der Waals surface area contributed by atoms with Crippen molar-refractivity contribution in [1.82, 2.24) is 0 Å². The molecule has 5 atom stereocenters. The Balaban J connectivity index is 2.76. The topological polar surface area (TPSA) is 65.0 Å². The molecule has 88 valence electrons. The van der Waals surface area contributed by atoms with E-state index >= 15 is 0 Å². The molecule has 0 radical (unpaired) electrons. The average Bonchev–Trinajstić information content (AvgIpc) is 2.14. The van der Waals surface area contributed by atoms with Crippen LogP contribution in [0.2, 0.25) is 0 Å². The minimum Gasteiger partial charge on any atom is -0.457 e. The molecule has 0 bridgehead atoms. The predicted molar refractivity (Wildman–Crippen MR) is 52.4 cm³/mol. The third kappa shape index (κ3) is 2.68. The molecule has 1 aliphatic rings. The van der Waals surface area contributed by atoms with Crippen molar-refractivity contribution in [3.63, 3.8) is 0 Å². The summed E-state index contributed by atoms with van der Waals surface area (Å²) in [6.45, 7) is 4.88. The van der Waals surface area contributed by atoms with Crippen LogP contribution in [0, 0.1) is 0 Å². The lowest BCUT2D eigenvalue weighted by Crippen LogP contribution is -2.57. The third-order valence-corrected chi connectivity index (χ3v) is 2.61. The summed E-state index contributed by atoms with van der Waals surface area (Å²) in [5.41, 5.74) is 0. The summed E-state index contributed by atoms with van der Waals surface area (Å²) in [5, 5.41) is 9.80. The Hall–Kier alpha value is -0.650. The molecule has 5 nitrogen and oxygen atoms in total. The zero-order valence-electron chi connectivity index (χ0n) is 9.47. The highest BCUT2D eigenvalue weighted by atomic mass is 16.6. The molecular weight excluding hydrogens is 200 g/mol. The van der Waals surface area contributed by atoms with Gasteiger partial charge < -0.3 is 19.3 Å². The summed E-state index contributed by atoms with van der Waals surface area (Å²) in [7, 11) is 1.48. The lowest BCUT2D eigenvalue weighted by molar-refractivity contribution is -0.230. The van der Waals surface area contributed by atoms with Crippen LogP contribution >= 0.6 is 0 Å². The number of aliphatic hydroxyl groups is 1. The Morgan fingerprint density at radius 1 is 1.27 bits per heavy atom. The van der Waals surface area contributed by atoms with Gasteiger partial charge in [0.25, 0.3) is 0 Å². The van der Waals surface area contributed by atoms with Gasteiger partial charge in [0.05, 0.1) is 12.2 Å². The Morgan fingerprint density at radius 3 is 2.33 bits per heavy atom. The van der Waals surface area contributed by atoms with Crippen molar-refractivity contribution < 1.29 is 24.1 Å². The molecule has 0 saturated carbocycles. The second kappa shape index (κ2) is 4.92. The Labute approximate surface area is 89.3 Å². The van der Waals surface area contributed by atoms with Crippen molar-refractivity contribution in [1.29, 1.82) is 0 Å². The molecule has 0 spiro atoms. The number of hydrogen-bond acceptors (Lipinski definition) is 5. The highest BCUT2D eigenvalue weighted by molar-refractivity contribution is 5.66. The number of carbonyl (C=O) groups is 1. The molecule has 0 aromatic rings. The van der Waals surface area contributed by atoms with Crippen molar-refractivity contribution in [3.05, 3.63) is 0 Å². The van der Waals surface area contributed by atoms with Crippen LogP contribution in [0.3, 0.4) is 0 Å². The molecular formula is C10H18O5. The zero-order chi connectivity index (χ0) is 11.6. The normalized spacial score (nSPS) is 41.3. The van der Waals surface area contributed by atoms with E-state index in [9.17, 15) is 9.90 Å². The molecule has 1 heterocycles.